The van der Waals surface area contributed by atoms with E-state index in [4.69, 9.17) is 5.11 Å². The lowest BCUT2D eigenvalue weighted by molar-refractivity contribution is -0.143. The molecule has 1 amide bonds. The molecular weight excluding hydrogens is 218 g/mol. The van der Waals surface area contributed by atoms with Crippen LogP contribution in [0.15, 0.2) is 0 Å². The van der Waals surface area contributed by atoms with Crippen molar-refractivity contribution in [3.63, 3.8) is 0 Å². The molecule has 4 heteroatoms. The Balaban J connectivity index is 1.90. The number of piperidine rings is 1. The van der Waals surface area contributed by atoms with Crippen molar-refractivity contribution in [2.45, 2.75) is 50.5 Å². The minimum Gasteiger partial charge on any atom is -0.396 e. The van der Waals surface area contributed by atoms with Crippen LogP contribution in [0, 0.1) is 5.92 Å². The van der Waals surface area contributed by atoms with Crippen LogP contribution in [0.25, 0.3) is 0 Å². The molecule has 2 unspecified atom stereocenters. The summed E-state index contributed by atoms with van der Waals surface area (Å²) < 4.78 is 0. The fourth-order valence-corrected chi connectivity index (χ4v) is 3.19. The number of carbonyl (C=O) groups excluding carboxylic acids is 1. The number of hydrogen-bond acceptors (Lipinski definition) is 3. The van der Waals surface area contributed by atoms with Crippen LogP contribution in [-0.4, -0.2) is 46.3 Å². The summed E-state index contributed by atoms with van der Waals surface area (Å²) in [6.45, 7) is 1.46. The minimum atomic E-state index is -0.508. The second kappa shape index (κ2) is 5.36. The number of amides is 1. The molecule has 0 aromatic rings. The van der Waals surface area contributed by atoms with Crippen LogP contribution >= 0.6 is 0 Å². The van der Waals surface area contributed by atoms with Gasteiger partial charge >= 0.3 is 0 Å². The predicted octanol–water partition coefficient (Wildman–Crippen LogP) is 0.912. The zero-order valence-electron chi connectivity index (χ0n) is 10.4. The lowest BCUT2D eigenvalue weighted by Gasteiger charge is -2.47. The zero-order valence-corrected chi connectivity index (χ0v) is 10.4. The summed E-state index contributed by atoms with van der Waals surface area (Å²) in [6, 6.07) is 0. The topological polar surface area (TPSA) is 60.8 Å². The molecule has 2 rings (SSSR count). The highest BCUT2D eigenvalue weighted by atomic mass is 16.3. The van der Waals surface area contributed by atoms with Gasteiger partial charge in [0.15, 0.2) is 0 Å². The highest BCUT2D eigenvalue weighted by molar-refractivity contribution is 5.76. The Morgan fingerprint density at radius 3 is 2.94 bits per heavy atom. The smallest absolute Gasteiger partial charge is 0.222 e. The van der Waals surface area contributed by atoms with E-state index in [9.17, 15) is 9.90 Å². The summed E-state index contributed by atoms with van der Waals surface area (Å²) in [5, 5.41) is 19.2. The van der Waals surface area contributed by atoms with E-state index in [2.05, 4.69) is 0 Å². The standard InChI is InChI=1S/C13H23NO3/c15-9-3-5-12(16)14-8-7-13(17)6-2-1-4-11(13)10-14/h11,15,17H,1-10H2. The van der Waals surface area contributed by atoms with Gasteiger partial charge in [-0.2, -0.15) is 0 Å². The van der Waals surface area contributed by atoms with Crippen LogP contribution < -0.4 is 0 Å². The van der Waals surface area contributed by atoms with Crippen LogP contribution in [0.5, 0.6) is 0 Å². The maximum absolute atomic E-state index is 11.9. The van der Waals surface area contributed by atoms with Crippen molar-refractivity contribution in [2.24, 2.45) is 5.92 Å². The van der Waals surface area contributed by atoms with E-state index >= 15 is 0 Å². The molecule has 0 aromatic heterocycles. The molecule has 1 aliphatic heterocycles. The van der Waals surface area contributed by atoms with Crippen LogP contribution in [0.3, 0.4) is 0 Å². The highest BCUT2D eigenvalue weighted by Gasteiger charge is 2.43. The Kier molecular flexibility index (Phi) is 4.05. The third-order valence-corrected chi connectivity index (χ3v) is 4.33. The number of hydrogen-bond donors (Lipinski definition) is 2. The summed E-state index contributed by atoms with van der Waals surface area (Å²) >= 11 is 0. The summed E-state index contributed by atoms with van der Waals surface area (Å²) in [5.74, 6) is 0.398. The van der Waals surface area contributed by atoms with Gasteiger partial charge in [-0.05, 0) is 25.7 Å². The fourth-order valence-electron chi connectivity index (χ4n) is 3.19. The van der Waals surface area contributed by atoms with E-state index in [1.165, 1.54) is 6.42 Å². The van der Waals surface area contributed by atoms with Gasteiger partial charge in [0.2, 0.25) is 5.91 Å². The zero-order chi connectivity index (χ0) is 12.3. The maximum Gasteiger partial charge on any atom is 0.222 e. The summed E-state index contributed by atoms with van der Waals surface area (Å²) in [6.07, 6.45) is 5.93. The molecule has 17 heavy (non-hydrogen) atoms. The van der Waals surface area contributed by atoms with Crippen LogP contribution in [-0.2, 0) is 4.79 Å². The average Bonchev–Trinajstić information content (AvgIpc) is 2.34. The first-order valence-electron chi connectivity index (χ1n) is 6.77. The number of rotatable bonds is 3. The van der Waals surface area contributed by atoms with Crippen LogP contribution in [0.1, 0.15) is 44.9 Å². The molecule has 2 N–H and O–H groups in total. The van der Waals surface area contributed by atoms with Crippen molar-refractivity contribution in [1.29, 1.82) is 0 Å². The molecule has 0 spiro atoms. The van der Waals surface area contributed by atoms with Gasteiger partial charge in [0.05, 0.1) is 5.60 Å². The molecule has 2 aliphatic rings. The van der Waals surface area contributed by atoms with Gasteiger partial charge in [-0.1, -0.05) is 12.8 Å². The van der Waals surface area contributed by atoms with Crippen LogP contribution in [0.4, 0.5) is 0 Å². The monoisotopic (exact) mass is 241 g/mol. The van der Waals surface area contributed by atoms with Crippen molar-refractivity contribution in [1.82, 2.24) is 4.90 Å². The van der Waals surface area contributed by atoms with Gasteiger partial charge in [0.1, 0.15) is 0 Å². The molecule has 1 saturated carbocycles. The largest absolute Gasteiger partial charge is 0.396 e. The highest BCUT2D eigenvalue weighted by Crippen LogP contribution is 2.39. The number of likely N-dealkylation sites (tertiary alicyclic amines) is 1. The normalized spacial score (nSPS) is 33.3. The Bertz CT molecular complexity index is 282. The van der Waals surface area contributed by atoms with Crippen molar-refractivity contribution in [3.8, 4) is 0 Å². The first-order chi connectivity index (χ1) is 8.15. The molecule has 0 radical (unpaired) electrons. The Hall–Kier alpha value is -0.610. The van der Waals surface area contributed by atoms with Crippen molar-refractivity contribution < 1.29 is 15.0 Å². The van der Waals surface area contributed by atoms with Gasteiger partial charge in [-0.3, -0.25) is 4.79 Å². The van der Waals surface area contributed by atoms with Crippen LogP contribution in [0.2, 0.25) is 0 Å². The van der Waals surface area contributed by atoms with Gasteiger partial charge in [-0.25, -0.2) is 0 Å². The van der Waals surface area contributed by atoms with E-state index in [0.717, 1.165) is 25.7 Å². The van der Waals surface area contributed by atoms with Crippen molar-refractivity contribution in [2.75, 3.05) is 19.7 Å². The molecule has 1 heterocycles. The van der Waals surface area contributed by atoms with Gasteiger partial charge in [0.25, 0.3) is 0 Å². The minimum absolute atomic E-state index is 0.0763. The molecule has 1 aliphatic carbocycles. The first-order valence-corrected chi connectivity index (χ1v) is 6.77. The third kappa shape index (κ3) is 2.80. The summed E-state index contributed by atoms with van der Waals surface area (Å²) in [7, 11) is 0. The molecule has 4 nitrogen and oxygen atoms in total. The van der Waals surface area contributed by atoms with Gasteiger partial charge in [-0.15, -0.1) is 0 Å². The molecule has 2 fully saturated rings. The number of nitrogens with zero attached hydrogens (tertiary/aromatic N) is 1. The summed E-state index contributed by atoms with van der Waals surface area (Å²) in [5.41, 5.74) is -0.508. The van der Waals surface area contributed by atoms with Gasteiger partial charge in [0, 0.05) is 32.0 Å². The number of aliphatic hydroxyl groups excluding tert-OH is 1. The molecule has 1 saturated heterocycles. The molecule has 0 aromatic carbocycles. The van der Waals surface area contributed by atoms with Crippen molar-refractivity contribution in [3.05, 3.63) is 0 Å². The molecule has 98 valence electrons. The summed E-state index contributed by atoms with van der Waals surface area (Å²) in [4.78, 5) is 13.7. The molecule has 2 atom stereocenters. The Morgan fingerprint density at radius 2 is 2.18 bits per heavy atom. The van der Waals surface area contributed by atoms with Crippen molar-refractivity contribution >= 4 is 5.91 Å². The average molecular weight is 241 g/mol. The molecular formula is C13H23NO3. The Labute approximate surface area is 103 Å². The van der Waals surface area contributed by atoms with E-state index in [1.54, 1.807) is 0 Å². The number of fused-ring (bicyclic) bond motifs is 1. The van der Waals surface area contributed by atoms with E-state index in [0.29, 0.717) is 25.9 Å². The first kappa shape index (κ1) is 12.8. The second-order valence-electron chi connectivity index (χ2n) is 5.46. The maximum atomic E-state index is 11.9. The van der Waals surface area contributed by atoms with E-state index in [1.807, 2.05) is 4.90 Å². The lowest BCUT2D eigenvalue weighted by atomic mass is 9.71. The molecule has 0 bridgehead atoms. The number of carbonyl (C=O) groups is 1. The Morgan fingerprint density at radius 1 is 1.35 bits per heavy atom. The third-order valence-electron chi connectivity index (χ3n) is 4.33. The van der Waals surface area contributed by atoms with E-state index in [-0.39, 0.29) is 18.4 Å². The van der Waals surface area contributed by atoms with E-state index < -0.39 is 5.60 Å². The lowest BCUT2D eigenvalue weighted by Crippen LogP contribution is -2.54. The SMILES string of the molecule is O=C(CCCO)N1CCC2(O)CCCCC2C1. The quantitative estimate of drug-likeness (QED) is 0.772. The second-order valence-corrected chi connectivity index (χ2v) is 5.46. The fraction of sp³-hybridized carbons (Fsp3) is 0.923. The van der Waals surface area contributed by atoms with Gasteiger partial charge < -0.3 is 15.1 Å². The number of aliphatic hydroxyl groups is 2. The predicted molar refractivity (Wildman–Crippen MR) is 64.4 cm³/mol.